The smallest absolute Gasteiger partial charge is 0.0924 e. The van der Waals surface area contributed by atoms with Crippen molar-refractivity contribution in [2.45, 2.75) is 32.4 Å². The second-order valence-electron chi connectivity index (χ2n) is 4.78. The second kappa shape index (κ2) is 5.65. The topological polar surface area (TPSA) is 38.0 Å². The van der Waals surface area contributed by atoms with Gasteiger partial charge in [-0.2, -0.15) is 5.10 Å². The molecule has 2 aromatic rings. The normalized spacial score (nSPS) is 14.4. The minimum Gasteiger partial charge on any atom is -0.385 e. The highest BCUT2D eigenvalue weighted by atomic mass is 79.9. The Morgan fingerprint density at radius 3 is 2.79 bits per heavy atom. The number of rotatable bonds is 4. The minimum absolute atomic E-state index is 0.481. The quantitative estimate of drug-likeness (QED) is 0.917. The third kappa shape index (κ3) is 3.38. The summed E-state index contributed by atoms with van der Waals surface area (Å²) in [6.45, 7) is 4.62. The molecule has 1 aromatic heterocycles. The Bertz CT molecular complexity index is 581. The van der Waals surface area contributed by atoms with E-state index in [4.69, 9.17) is 11.6 Å². The third-order valence-electron chi connectivity index (χ3n) is 3.07. The van der Waals surface area contributed by atoms with Crippen LogP contribution in [-0.2, 0) is 18.6 Å². The minimum atomic E-state index is -1.01. The van der Waals surface area contributed by atoms with Gasteiger partial charge >= 0.3 is 0 Å². The fourth-order valence-electron chi connectivity index (χ4n) is 2.09. The first-order chi connectivity index (χ1) is 8.92. The van der Waals surface area contributed by atoms with Crippen LogP contribution in [0.3, 0.4) is 0 Å². The fourth-order valence-corrected chi connectivity index (χ4v) is 2.97. The van der Waals surface area contributed by atoms with Gasteiger partial charge in [0.15, 0.2) is 0 Å². The summed E-state index contributed by atoms with van der Waals surface area (Å²) >= 11 is 9.57. The lowest BCUT2D eigenvalue weighted by atomic mass is 9.90. The molecule has 0 amide bonds. The van der Waals surface area contributed by atoms with Crippen LogP contribution in [0.2, 0.25) is 5.02 Å². The summed E-state index contributed by atoms with van der Waals surface area (Å²) in [5.41, 5.74) is 0.701. The molecule has 1 atom stereocenters. The molecule has 0 aliphatic rings. The summed E-state index contributed by atoms with van der Waals surface area (Å²) in [6, 6.07) is 5.52. The van der Waals surface area contributed by atoms with Gasteiger partial charge in [0.25, 0.3) is 0 Å². The lowest BCUT2D eigenvalue weighted by Gasteiger charge is -2.24. The van der Waals surface area contributed by atoms with Gasteiger partial charge in [-0.1, -0.05) is 33.6 Å². The summed E-state index contributed by atoms with van der Waals surface area (Å²) in [5.74, 6) is 0. The van der Waals surface area contributed by atoms with E-state index in [1.54, 1.807) is 19.2 Å². The number of halogens is 2. The molecular weight excluding hydrogens is 328 g/mol. The van der Waals surface area contributed by atoms with E-state index in [0.29, 0.717) is 11.4 Å². The summed E-state index contributed by atoms with van der Waals surface area (Å²) in [5, 5.41) is 15.4. The molecule has 1 heterocycles. The predicted molar refractivity (Wildman–Crippen MR) is 80.3 cm³/mol. The predicted octanol–water partition coefficient (Wildman–Crippen LogP) is 3.77. The Labute approximate surface area is 126 Å². The van der Waals surface area contributed by atoms with E-state index < -0.39 is 5.60 Å². The first-order valence-corrected chi connectivity index (χ1v) is 7.28. The van der Waals surface area contributed by atoms with Crippen molar-refractivity contribution in [2.75, 3.05) is 0 Å². The zero-order valence-electron chi connectivity index (χ0n) is 10.9. The van der Waals surface area contributed by atoms with Crippen LogP contribution in [0.5, 0.6) is 0 Å². The van der Waals surface area contributed by atoms with E-state index in [9.17, 15) is 5.11 Å². The van der Waals surface area contributed by atoms with Crippen LogP contribution in [-0.4, -0.2) is 14.9 Å². The highest BCUT2D eigenvalue weighted by Crippen LogP contribution is 2.32. The molecule has 0 radical (unpaired) electrons. The maximum absolute atomic E-state index is 10.7. The number of hydrogen-bond acceptors (Lipinski definition) is 2. The van der Waals surface area contributed by atoms with Crippen molar-refractivity contribution in [1.29, 1.82) is 0 Å². The highest BCUT2D eigenvalue weighted by Gasteiger charge is 2.26. The number of nitrogens with zero attached hydrogens (tertiary/aromatic N) is 2. The summed E-state index contributed by atoms with van der Waals surface area (Å²) < 4.78 is 2.74. The first-order valence-electron chi connectivity index (χ1n) is 6.11. The molecule has 1 unspecified atom stereocenters. The average molecular weight is 344 g/mol. The Morgan fingerprint density at radius 1 is 1.47 bits per heavy atom. The molecule has 2 rings (SSSR count). The van der Waals surface area contributed by atoms with Gasteiger partial charge in [-0.3, -0.25) is 4.68 Å². The average Bonchev–Trinajstić information content (AvgIpc) is 2.75. The number of aryl methyl sites for hydroxylation is 1. The van der Waals surface area contributed by atoms with Gasteiger partial charge in [0.1, 0.15) is 0 Å². The van der Waals surface area contributed by atoms with Crippen molar-refractivity contribution in [3.63, 3.8) is 0 Å². The van der Waals surface area contributed by atoms with Gasteiger partial charge in [0, 0.05) is 34.2 Å². The summed E-state index contributed by atoms with van der Waals surface area (Å²) in [6.07, 6.45) is 4.21. The molecule has 19 heavy (non-hydrogen) atoms. The van der Waals surface area contributed by atoms with Crippen LogP contribution in [0, 0.1) is 0 Å². The van der Waals surface area contributed by atoms with Gasteiger partial charge in [-0.05, 0) is 31.5 Å². The largest absolute Gasteiger partial charge is 0.385 e. The zero-order chi connectivity index (χ0) is 14.0. The molecule has 102 valence electrons. The molecule has 1 aromatic carbocycles. The van der Waals surface area contributed by atoms with Gasteiger partial charge in [0.2, 0.25) is 0 Å². The van der Waals surface area contributed by atoms with Crippen LogP contribution in [0.25, 0.3) is 0 Å². The molecule has 0 saturated carbocycles. The molecule has 3 nitrogen and oxygen atoms in total. The van der Waals surface area contributed by atoms with E-state index in [1.165, 1.54) is 0 Å². The Morgan fingerprint density at radius 2 is 2.21 bits per heavy atom. The molecule has 0 spiro atoms. The number of aliphatic hydroxyl groups is 1. The van der Waals surface area contributed by atoms with Gasteiger partial charge in [-0.15, -0.1) is 0 Å². The third-order valence-corrected chi connectivity index (χ3v) is 3.88. The molecule has 0 fully saturated rings. The highest BCUT2D eigenvalue weighted by molar-refractivity contribution is 9.10. The maximum Gasteiger partial charge on any atom is 0.0924 e. The van der Waals surface area contributed by atoms with Crippen LogP contribution in [0.4, 0.5) is 0 Å². The molecule has 0 bridgehead atoms. The molecule has 0 aliphatic heterocycles. The second-order valence-corrected chi connectivity index (χ2v) is 6.10. The van der Waals surface area contributed by atoms with E-state index in [1.807, 2.05) is 29.9 Å². The monoisotopic (exact) mass is 342 g/mol. The molecule has 0 aliphatic carbocycles. The van der Waals surface area contributed by atoms with Crippen molar-refractivity contribution in [3.8, 4) is 0 Å². The van der Waals surface area contributed by atoms with E-state index in [0.717, 1.165) is 22.1 Å². The number of benzene rings is 1. The molecule has 1 N–H and O–H groups in total. The van der Waals surface area contributed by atoms with Crippen molar-refractivity contribution in [2.24, 2.45) is 0 Å². The SMILES string of the molecule is CCn1cc(CC(C)(O)c2ccc(Br)cc2Cl)cn1. The van der Waals surface area contributed by atoms with E-state index >= 15 is 0 Å². The van der Waals surface area contributed by atoms with E-state index in [-0.39, 0.29) is 0 Å². The van der Waals surface area contributed by atoms with Gasteiger partial charge in [-0.25, -0.2) is 0 Å². The molecule has 5 heteroatoms. The molecule has 0 saturated heterocycles. The summed E-state index contributed by atoms with van der Waals surface area (Å²) in [7, 11) is 0. The molecular formula is C14H16BrClN2O. The van der Waals surface area contributed by atoms with Gasteiger partial charge in [0.05, 0.1) is 11.8 Å². The number of aromatic nitrogens is 2. The van der Waals surface area contributed by atoms with Crippen LogP contribution >= 0.6 is 27.5 Å². The van der Waals surface area contributed by atoms with E-state index in [2.05, 4.69) is 21.0 Å². The van der Waals surface area contributed by atoms with Gasteiger partial charge < -0.3 is 5.11 Å². The fraction of sp³-hybridized carbons (Fsp3) is 0.357. The maximum atomic E-state index is 10.7. The Hall–Kier alpha value is -0.840. The van der Waals surface area contributed by atoms with Crippen molar-refractivity contribution in [1.82, 2.24) is 9.78 Å². The van der Waals surface area contributed by atoms with Crippen LogP contribution in [0.15, 0.2) is 35.1 Å². The lowest BCUT2D eigenvalue weighted by Crippen LogP contribution is -2.24. The lowest BCUT2D eigenvalue weighted by molar-refractivity contribution is 0.0577. The van der Waals surface area contributed by atoms with Crippen molar-refractivity contribution >= 4 is 27.5 Å². The first kappa shape index (κ1) is 14.6. The van der Waals surface area contributed by atoms with Crippen molar-refractivity contribution < 1.29 is 5.11 Å². The van der Waals surface area contributed by atoms with Crippen LogP contribution in [0.1, 0.15) is 25.0 Å². The standard InChI is InChI=1S/C14H16BrClN2O/c1-3-18-9-10(8-17-18)7-14(2,19)12-5-4-11(15)6-13(12)16/h4-6,8-9,19H,3,7H2,1-2H3. The Balaban J connectivity index is 2.26. The zero-order valence-corrected chi connectivity index (χ0v) is 13.2. The van der Waals surface area contributed by atoms with Crippen molar-refractivity contribution in [3.05, 3.63) is 51.2 Å². The number of hydrogen-bond donors (Lipinski definition) is 1. The van der Waals surface area contributed by atoms with Crippen LogP contribution < -0.4 is 0 Å². The summed E-state index contributed by atoms with van der Waals surface area (Å²) in [4.78, 5) is 0. The Kier molecular flexibility index (Phi) is 4.33.